The summed E-state index contributed by atoms with van der Waals surface area (Å²) in [7, 11) is 0. The Kier molecular flexibility index (Phi) is 4.73. The third-order valence-electron chi connectivity index (χ3n) is 4.70. The number of alkyl halides is 3. The van der Waals surface area contributed by atoms with Crippen LogP contribution in [0.4, 0.5) is 13.2 Å². The zero-order valence-corrected chi connectivity index (χ0v) is 15.7. The predicted octanol–water partition coefficient (Wildman–Crippen LogP) is 4.15. The van der Waals surface area contributed by atoms with Gasteiger partial charge in [-0.15, -0.1) is 13.2 Å². The van der Waals surface area contributed by atoms with Gasteiger partial charge in [-0.3, -0.25) is 9.55 Å². The third-order valence-corrected chi connectivity index (χ3v) is 4.70. The van der Waals surface area contributed by atoms with E-state index in [9.17, 15) is 23.1 Å². The minimum Gasteiger partial charge on any atom is -0.493 e. The number of nitrogens with zero attached hydrogens (tertiary/aromatic N) is 3. The number of para-hydroxylation sites is 1. The normalized spacial score (nSPS) is 11.7. The topological polar surface area (TPSA) is 69.3 Å². The number of benzene rings is 2. The summed E-state index contributed by atoms with van der Waals surface area (Å²) in [5, 5.41) is 11.2. The molecule has 2 heterocycles. The number of imidazole rings is 1. The molecule has 0 spiro atoms. The first-order valence-corrected chi connectivity index (χ1v) is 8.93. The van der Waals surface area contributed by atoms with Crippen molar-refractivity contribution in [1.29, 1.82) is 0 Å². The Labute approximate surface area is 168 Å². The van der Waals surface area contributed by atoms with E-state index in [2.05, 4.69) is 9.72 Å². The summed E-state index contributed by atoms with van der Waals surface area (Å²) >= 11 is 0. The molecule has 2 aromatic heterocycles. The van der Waals surface area contributed by atoms with Crippen LogP contribution in [-0.4, -0.2) is 25.6 Å². The Hall–Kier alpha value is -3.75. The lowest BCUT2D eigenvalue weighted by Gasteiger charge is -2.10. The van der Waals surface area contributed by atoms with Gasteiger partial charge < -0.3 is 9.84 Å². The van der Waals surface area contributed by atoms with Gasteiger partial charge in [0.25, 0.3) is 0 Å². The van der Waals surface area contributed by atoms with Crippen LogP contribution < -0.4 is 10.4 Å². The molecule has 0 aliphatic heterocycles. The number of pyridine rings is 1. The number of hydrogen-bond acceptors (Lipinski definition) is 4. The van der Waals surface area contributed by atoms with Crippen molar-refractivity contribution in [2.75, 3.05) is 0 Å². The van der Waals surface area contributed by atoms with Crippen LogP contribution in [0.5, 0.6) is 11.6 Å². The number of hydrogen-bond donors (Lipinski definition) is 1. The van der Waals surface area contributed by atoms with Gasteiger partial charge in [0.1, 0.15) is 5.75 Å². The highest BCUT2D eigenvalue weighted by atomic mass is 19.4. The average Bonchev–Trinajstić information content (AvgIpc) is 2.97. The van der Waals surface area contributed by atoms with Gasteiger partial charge in [-0.25, -0.2) is 9.36 Å². The van der Waals surface area contributed by atoms with Crippen LogP contribution in [0.3, 0.4) is 0 Å². The molecule has 1 N–H and O–H groups in total. The molecule has 154 valence electrons. The molecule has 0 aliphatic rings. The lowest BCUT2D eigenvalue weighted by molar-refractivity contribution is -0.274. The smallest absolute Gasteiger partial charge is 0.493 e. The van der Waals surface area contributed by atoms with Gasteiger partial charge in [-0.2, -0.15) is 0 Å². The number of aromatic nitrogens is 3. The number of halogens is 3. The molecule has 0 bridgehead atoms. The fourth-order valence-electron chi connectivity index (χ4n) is 3.31. The molecule has 4 rings (SSSR count). The van der Waals surface area contributed by atoms with Gasteiger partial charge in [0.05, 0.1) is 23.9 Å². The number of rotatable bonds is 4. The molecular weight excluding hydrogens is 399 g/mol. The SMILES string of the molecule is Cc1cnc2ccccc2c1Cn1cc(O)n(-c2ccc(OC(F)(F)F)cc2)c1=O. The fraction of sp³-hybridized carbons (Fsp3) is 0.143. The number of aromatic hydroxyl groups is 1. The van der Waals surface area contributed by atoms with Crippen molar-refractivity contribution in [3.8, 4) is 17.3 Å². The van der Waals surface area contributed by atoms with Crippen LogP contribution in [0.15, 0.2) is 65.7 Å². The van der Waals surface area contributed by atoms with Crippen molar-refractivity contribution in [2.45, 2.75) is 19.8 Å². The Bertz CT molecular complexity index is 1270. The first-order chi connectivity index (χ1) is 14.2. The van der Waals surface area contributed by atoms with Crippen LogP contribution in [0.25, 0.3) is 16.6 Å². The summed E-state index contributed by atoms with van der Waals surface area (Å²) in [6.07, 6.45) is -1.80. The van der Waals surface area contributed by atoms with Gasteiger partial charge >= 0.3 is 12.1 Å². The minimum atomic E-state index is -4.81. The van der Waals surface area contributed by atoms with Gasteiger partial charge in [0, 0.05) is 11.6 Å². The molecule has 0 atom stereocenters. The average molecular weight is 415 g/mol. The van der Waals surface area contributed by atoms with Gasteiger partial charge in [0.15, 0.2) is 0 Å². The Morgan fingerprint density at radius 3 is 2.50 bits per heavy atom. The zero-order chi connectivity index (χ0) is 21.5. The highest BCUT2D eigenvalue weighted by Gasteiger charge is 2.31. The molecule has 0 amide bonds. The second kappa shape index (κ2) is 7.25. The second-order valence-corrected chi connectivity index (χ2v) is 6.71. The molecule has 2 aromatic carbocycles. The van der Waals surface area contributed by atoms with Gasteiger partial charge in [-0.1, -0.05) is 18.2 Å². The molecule has 0 radical (unpaired) electrons. The predicted molar refractivity (Wildman–Crippen MR) is 104 cm³/mol. The van der Waals surface area contributed by atoms with Gasteiger partial charge in [0.2, 0.25) is 5.88 Å². The lowest BCUT2D eigenvalue weighted by atomic mass is 10.0. The van der Waals surface area contributed by atoms with Crippen LogP contribution in [0.2, 0.25) is 0 Å². The van der Waals surface area contributed by atoms with Crippen LogP contribution in [0.1, 0.15) is 11.1 Å². The zero-order valence-electron chi connectivity index (χ0n) is 15.7. The van der Waals surface area contributed by atoms with E-state index in [1.165, 1.54) is 22.9 Å². The van der Waals surface area contributed by atoms with Crippen molar-refractivity contribution in [2.24, 2.45) is 0 Å². The summed E-state index contributed by atoms with van der Waals surface area (Å²) in [6.45, 7) is 2.08. The minimum absolute atomic E-state index is 0.198. The molecule has 0 aliphatic carbocycles. The first kappa shape index (κ1) is 19.6. The van der Waals surface area contributed by atoms with E-state index in [1.54, 1.807) is 6.20 Å². The van der Waals surface area contributed by atoms with Crippen molar-refractivity contribution < 1.29 is 23.0 Å². The van der Waals surface area contributed by atoms with E-state index in [4.69, 9.17) is 0 Å². The fourth-order valence-corrected chi connectivity index (χ4v) is 3.31. The van der Waals surface area contributed by atoms with Crippen molar-refractivity contribution in [3.63, 3.8) is 0 Å². The van der Waals surface area contributed by atoms with Crippen LogP contribution in [-0.2, 0) is 6.54 Å². The summed E-state index contributed by atoms with van der Waals surface area (Å²) in [4.78, 5) is 17.3. The van der Waals surface area contributed by atoms with Crippen molar-refractivity contribution in [3.05, 3.63) is 82.5 Å². The largest absolute Gasteiger partial charge is 0.573 e. The quantitative estimate of drug-likeness (QED) is 0.544. The molecule has 9 heteroatoms. The summed E-state index contributed by atoms with van der Waals surface area (Å²) < 4.78 is 43.1. The summed E-state index contributed by atoms with van der Waals surface area (Å²) in [5.74, 6) is -0.752. The highest BCUT2D eigenvalue weighted by molar-refractivity contribution is 5.82. The molecule has 6 nitrogen and oxygen atoms in total. The van der Waals surface area contributed by atoms with E-state index < -0.39 is 17.8 Å². The summed E-state index contributed by atoms with van der Waals surface area (Å²) in [5.41, 5.74) is 2.24. The monoisotopic (exact) mass is 415 g/mol. The van der Waals surface area contributed by atoms with E-state index >= 15 is 0 Å². The molecule has 0 saturated heterocycles. The maximum atomic E-state index is 12.9. The van der Waals surface area contributed by atoms with Crippen LogP contribution >= 0.6 is 0 Å². The van der Waals surface area contributed by atoms with Crippen molar-refractivity contribution >= 4 is 10.9 Å². The van der Waals surface area contributed by atoms with Gasteiger partial charge in [-0.05, 0) is 48.4 Å². The number of ether oxygens (including phenoxy) is 1. The molecular formula is C21H16F3N3O3. The Morgan fingerprint density at radius 1 is 1.10 bits per heavy atom. The van der Waals surface area contributed by atoms with E-state index in [0.29, 0.717) is 0 Å². The maximum Gasteiger partial charge on any atom is 0.573 e. The Balaban J connectivity index is 1.70. The van der Waals surface area contributed by atoms with E-state index in [0.717, 1.165) is 38.7 Å². The number of fused-ring (bicyclic) bond motifs is 1. The first-order valence-electron chi connectivity index (χ1n) is 8.93. The Morgan fingerprint density at radius 2 is 1.80 bits per heavy atom. The van der Waals surface area contributed by atoms with E-state index in [1.807, 2.05) is 31.2 Å². The van der Waals surface area contributed by atoms with Crippen molar-refractivity contribution in [1.82, 2.24) is 14.1 Å². The highest BCUT2D eigenvalue weighted by Crippen LogP contribution is 2.25. The molecule has 30 heavy (non-hydrogen) atoms. The molecule has 0 fully saturated rings. The third kappa shape index (κ3) is 3.73. The number of aryl methyl sites for hydroxylation is 1. The molecule has 0 unspecified atom stereocenters. The molecule has 0 saturated carbocycles. The molecule has 4 aromatic rings. The lowest BCUT2D eigenvalue weighted by Crippen LogP contribution is -2.24. The maximum absolute atomic E-state index is 12.9. The van der Waals surface area contributed by atoms with Crippen LogP contribution in [0, 0.1) is 6.92 Å². The summed E-state index contributed by atoms with van der Waals surface area (Å²) in [6, 6.07) is 12.2. The standard InChI is InChI=1S/C21H16F3N3O3/c1-13-10-25-18-5-3-2-4-16(18)17(13)11-26-12-19(28)27(20(26)29)14-6-8-15(9-7-14)30-21(22,23)24/h2-10,12,28H,11H2,1H3. The second-order valence-electron chi connectivity index (χ2n) is 6.71. The van der Waals surface area contributed by atoms with E-state index in [-0.39, 0.29) is 18.1 Å².